The summed E-state index contributed by atoms with van der Waals surface area (Å²) in [6, 6.07) is 16.3. The highest BCUT2D eigenvalue weighted by molar-refractivity contribution is 5.79. The minimum atomic E-state index is 0.232. The van der Waals surface area contributed by atoms with Crippen molar-refractivity contribution in [3.8, 4) is 17.1 Å². The topological polar surface area (TPSA) is 44.0 Å². The molecule has 1 fully saturated rings. The van der Waals surface area contributed by atoms with E-state index in [1.165, 1.54) is 5.56 Å². The minimum absolute atomic E-state index is 0.232. The molecule has 0 saturated carbocycles. The largest absolute Gasteiger partial charge is 0.497 e. The lowest BCUT2D eigenvalue weighted by atomic mass is 10.1. The van der Waals surface area contributed by atoms with Gasteiger partial charge in [0.1, 0.15) is 17.1 Å². The molecule has 4 nitrogen and oxygen atoms in total. The lowest BCUT2D eigenvalue weighted by Gasteiger charge is -2.09. The van der Waals surface area contributed by atoms with Crippen molar-refractivity contribution < 1.29 is 13.9 Å². The van der Waals surface area contributed by atoms with Gasteiger partial charge in [-0.2, -0.15) is 0 Å². The number of aryl methyl sites for hydroxylation is 1. The molecular weight excluding hydrogens is 338 g/mol. The van der Waals surface area contributed by atoms with Crippen LogP contribution in [0.15, 0.2) is 57.9 Å². The maximum absolute atomic E-state index is 6.20. The Morgan fingerprint density at radius 1 is 1.11 bits per heavy atom. The van der Waals surface area contributed by atoms with Crippen LogP contribution in [0.5, 0.6) is 5.75 Å². The van der Waals surface area contributed by atoms with E-state index in [1.54, 1.807) is 7.11 Å². The van der Waals surface area contributed by atoms with Crippen LogP contribution >= 0.6 is 0 Å². The van der Waals surface area contributed by atoms with Crippen LogP contribution in [-0.4, -0.2) is 26.4 Å². The first kappa shape index (κ1) is 17.8. The monoisotopic (exact) mass is 363 g/mol. The SMILES string of the molecule is CCc1ccc2oc(-c3ccc(OC)cc3)cc(=NCC3CCCO3)c2c1. The zero-order valence-electron chi connectivity index (χ0n) is 15.9. The van der Waals surface area contributed by atoms with Crippen LogP contribution in [0, 0.1) is 0 Å². The molecule has 0 amide bonds. The third-order valence-electron chi connectivity index (χ3n) is 5.08. The van der Waals surface area contributed by atoms with Gasteiger partial charge in [-0.05, 0) is 61.2 Å². The molecule has 1 aromatic heterocycles. The molecule has 2 aromatic carbocycles. The molecule has 1 unspecified atom stereocenters. The van der Waals surface area contributed by atoms with Crippen LogP contribution < -0.4 is 10.1 Å². The predicted molar refractivity (Wildman–Crippen MR) is 107 cm³/mol. The fourth-order valence-corrected chi connectivity index (χ4v) is 3.45. The zero-order valence-corrected chi connectivity index (χ0v) is 15.9. The Kier molecular flexibility index (Phi) is 5.26. The average molecular weight is 363 g/mol. The van der Waals surface area contributed by atoms with Gasteiger partial charge < -0.3 is 13.9 Å². The zero-order chi connectivity index (χ0) is 18.6. The number of ether oxygens (including phenoxy) is 2. The third kappa shape index (κ3) is 3.91. The Hall–Kier alpha value is -2.59. The highest BCUT2D eigenvalue weighted by Gasteiger charge is 2.15. The Morgan fingerprint density at radius 3 is 2.67 bits per heavy atom. The van der Waals surface area contributed by atoms with Crippen molar-refractivity contribution in [2.45, 2.75) is 32.3 Å². The highest BCUT2D eigenvalue weighted by Crippen LogP contribution is 2.25. The van der Waals surface area contributed by atoms with E-state index < -0.39 is 0 Å². The normalized spacial score (nSPS) is 17.6. The molecule has 4 heteroatoms. The van der Waals surface area contributed by atoms with Crippen molar-refractivity contribution in [2.75, 3.05) is 20.3 Å². The van der Waals surface area contributed by atoms with Crippen molar-refractivity contribution in [1.29, 1.82) is 0 Å². The van der Waals surface area contributed by atoms with Crippen LogP contribution in [0.2, 0.25) is 0 Å². The molecule has 1 atom stereocenters. The molecule has 0 N–H and O–H groups in total. The van der Waals surface area contributed by atoms with Crippen molar-refractivity contribution in [3.63, 3.8) is 0 Å². The number of benzene rings is 2. The van der Waals surface area contributed by atoms with Crippen LogP contribution in [-0.2, 0) is 11.2 Å². The van der Waals surface area contributed by atoms with Gasteiger partial charge in [0, 0.05) is 23.6 Å². The van der Waals surface area contributed by atoms with E-state index in [9.17, 15) is 0 Å². The first-order chi connectivity index (χ1) is 13.3. The molecule has 0 radical (unpaired) electrons. The van der Waals surface area contributed by atoms with Gasteiger partial charge in [0.15, 0.2) is 0 Å². The van der Waals surface area contributed by atoms with Crippen LogP contribution in [0.3, 0.4) is 0 Å². The van der Waals surface area contributed by atoms with E-state index in [0.29, 0.717) is 6.54 Å². The van der Waals surface area contributed by atoms with Gasteiger partial charge in [-0.3, -0.25) is 4.99 Å². The smallest absolute Gasteiger partial charge is 0.136 e. The molecule has 0 bridgehead atoms. The summed E-state index contributed by atoms with van der Waals surface area (Å²) in [4.78, 5) is 4.90. The number of hydrogen-bond donors (Lipinski definition) is 0. The summed E-state index contributed by atoms with van der Waals surface area (Å²) in [7, 11) is 1.67. The van der Waals surface area contributed by atoms with Gasteiger partial charge in [-0.1, -0.05) is 13.0 Å². The highest BCUT2D eigenvalue weighted by atomic mass is 16.5. The van der Waals surface area contributed by atoms with Crippen molar-refractivity contribution in [3.05, 3.63) is 59.5 Å². The summed E-state index contributed by atoms with van der Waals surface area (Å²) in [6.45, 7) is 3.70. The Morgan fingerprint density at radius 2 is 1.96 bits per heavy atom. The summed E-state index contributed by atoms with van der Waals surface area (Å²) in [5.74, 6) is 1.64. The summed E-state index contributed by atoms with van der Waals surface area (Å²) in [5, 5.41) is 2.03. The molecule has 1 aliphatic rings. The Bertz CT molecular complexity index is 983. The molecular formula is C23H25NO3. The molecule has 0 spiro atoms. The Balaban J connectivity index is 1.81. The van der Waals surface area contributed by atoms with E-state index in [4.69, 9.17) is 18.9 Å². The van der Waals surface area contributed by atoms with Gasteiger partial charge >= 0.3 is 0 Å². The van der Waals surface area contributed by atoms with Gasteiger partial charge in [0.25, 0.3) is 0 Å². The van der Waals surface area contributed by atoms with Gasteiger partial charge in [0.2, 0.25) is 0 Å². The molecule has 140 valence electrons. The molecule has 27 heavy (non-hydrogen) atoms. The van der Waals surface area contributed by atoms with E-state index in [1.807, 2.05) is 36.4 Å². The maximum atomic E-state index is 6.20. The molecule has 4 rings (SSSR count). The fourth-order valence-electron chi connectivity index (χ4n) is 3.45. The van der Waals surface area contributed by atoms with E-state index >= 15 is 0 Å². The number of fused-ring (bicyclic) bond motifs is 1. The quantitative estimate of drug-likeness (QED) is 0.657. The molecule has 1 aliphatic heterocycles. The molecule has 3 aromatic rings. The van der Waals surface area contributed by atoms with Crippen LogP contribution in [0.1, 0.15) is 25.3 Å². The lowest BCUT2D eigenvalue weighted by molar-refractivity contribution is 0.117. The van der Waals surface area contributed by atoms with E-state index in [-0.39, 0.29) is 6.10 Å². The van der Waals surface area contributed by atoms with Crippen molar-refractivity contribution >= 4 is 11.0 Å². The number of methoxy groups -OCH3 is 1. The third-order valence-corrected chi connectivity index (χ3v) is 5.08. The second kappa shape index (κ2) is 7.97. The maximum Gasteiger partial charge on any atom is 0.136 e. The lowest BCUT2D eigenvalue weighted by Crippen LogP contribution is -2.14. The average Bonchev–Trinajstić information content (AvgIpc) is 3.25. The molecule has 2 heterocycles. The number of nitrogens with zero attached hydrogens (tertiary/aromatic N) is 1. The molecule has 0 aliphatic carbocycles. The number of hydrogen-bond acceptors (Lipinski definition) is 4. The second-order valence-corrected chi connectivity index (χ2v) is 6.88. The first-order valence-corrected chi connectivity index (χ1v) is 9.60. The van der Waals surface area contributed by atoms with Gasteiger partial charge in [0.05, 0.1) is 25.1 Å². The van der Waals surface area contributed by atoms with Gasteiger partial charge in [-0.15, -0.1) is 0 Å². The van der Waals surface area contributed by atoms with Crippen molar-refractivity contribution in [2.24, 2.45) is 4.99 Å². The summed E-state index contributed by atoms with van der Waals surface area (Å²) in [6.07, 6.45) is 3.43. The fraction of sp³-hybridized carbons (Fsp3) is 0.348. The van der Waals surface area contributed by atoms with Crippen LogP contribution in [0.25, 0.3) is 22.3 Å². The van der Waals surface area contributed by atoms with E-state index in [2.05, 4.69) is 19.1 Å². The predicted octanol–water partition coefficient (Wildman–Crippen LogP) is 4.75. The van der Waals surface area contributed by atoms with Crippen molar-refractivity contribution in [1.82, 2.24) is 0 Å². The first-order valence-electron chi connectivity index (χ1n) is 9.60. The van der Waals surface area contributed by atoms with Gasteiger partial charge in [-0.25, -0.2) is 0 Å². The standard InChI is InChI=1S/C23H25NO3/c1-3-16-6-11-22-20(13-16)21(24-15-19-5-4-12-26-19)14-23(27-22)17-7-9-18(25-2)10-8-17/h6-11,13-14,19H,3-5,12,15H2,1-2H3. The number of rotatable bonds is 5. The molecule has 1 saturated heterocycles. The van der Waals surface area contributed by atoms with Crippen LogP contribution in [0.4, 0.5) is 0 Å². The summed E-state index contributed by atoms with van der Waals surface area (Å²) < 4.78 is 17.2. The van der Waals surface area contributed by atoms with E-state index in [0.717, 1.165) is 59.3 Å². The second-order valence-electron chi connectivity index (χ2n) is 6.88. The minimum Gasteiger partial charge on any atom is -0.497 e. The summed E-state index contributed by atoms with van der Waals surface area (Å²) >= 11 is 0. The Labute approximate surface area is 159 Å². The summed E-state index contributed by atoms with van der Waals surface area (Å²) in [5.41, 5.74) is 3.14.